The van der Waals surface area contributed by atoms with Crippen molar-refractivity contribution in [3.8, 4) is 0 Å². The van der Waals surface area contributed by atoms with Gasteiger partial charge in [-0.2, -0.15) is 5.10 Å². The Morgan fingerprint density at radius 1 is 1.00 bits per heavy atom. The van der Waals surface area contributed by atoms with Crippen LogP contribution < -0.4 is 0 Å². The molecule has 0 saturated heterocycles. The Bertz CT molecular complexity index is 1470. The maximum absolute atomic E-state index is 13.7. The number of non-ortho nitro benzene ring substituents is 1. The van der Waals surface area contributed by atoms with Gasteiger partial charge in [-0.25, -0.2) is 18.6 Å². The number of nitrogens with zero attached hydrogens (tertiary/aromatic N) is 3. The Labute approximate surface area is 222 Å². The molecular weight excluding hydrogens is 508 g/mol. The number of nitro benzene ring substituents is 1. The zero-order chi connectivity index (χ0) is 27.5. The summed E-state index contributed by atoms with van der Waals surface area (Å²) in [6.07, 6.45) is 4.23. The normalized spacial score (nSPS) is 19.4. The van der Waals surface area contributed by atoms with Crippen LogP contribution >= 0.6 is 0 Å². The monoisotopic (exact) mass is 531 g/mol. The first-order valence-electron chi connectivity index (χ1n) is 12.3. The summed E-state index contributed by atoms with van der Waals surface area (Å²) in [7, 11) is 0. The Balaban J connectivity index is 1.40. The summed E-state index contributed by atoms with van der Waals surface area (Å²) in [6, 6.07) is 16.3. The lowest BCUT2D eigenvalue weighted by Crippen LogP contribution is -2.34. The first kappa shape index (κ1) is 25.9. The van der Waals surface area contributed by atoms with Gasteiger partial charge in [0.1, 0.15) is 11.6 Å². The van der Waals surface area contributed by atoms with Crippen molar-refractivity contribution in [1.82, 2.24) is 5.01 Å². The van der Waals surface area contributed by atoms with Gasteiger partial charge in [0.05, 0.1) is 22.2 Å². The Hall–Kier alpha value is -4.73. The van der Waals surface area contributed by atoms with Crippen LogP contribution in [0.4, 0.5) is 14.5 Å². The zero-order valence-electron chi connectivity index (χ0n) is 20.6. The maximum atomic E-state index is 13.7. The van der Waals surface area contributed by atoms with E-state index in [0.717, 1.165) is 36.1 Å². The number of hydrogen-bond donors (Lipinski definition) is 0. The third kappa shape index (κ3) is 5.59. The van der Waals surface area contributed by atoms with E-state index in [1.165, 1.54) is 53.5 Å². The summed E-state index contributed by atoms with van der Waals surface area (Å²) in [4.78, 5) is 36.1. The minimum Gasteiger partial charge on any atom is -0.452 e. The van der Waals surface area contributed by atoms with Crippen LogP contribution in [0.5, 0.6) is 0 Å². The van der Waals surface area contributed by atoms with Crippen LogP contribution in [-0.2, 0) is 9.53 Å². The van der Waals surface area contributed by atoms with Gasteiger partial charge in [0.15, 0.2) is 6.61 Å². The number of hydrogen-bond acceptors (Lipinski definition) is 6. The summed E-state index contributed by atoms with van der Waals surface area (Å²) in [5.74, 6) is -2.28. The van der Waals surface area contributed by atoms with Crippen LogP contribution in [0, 0.1) is 27.7 Å². The van der Waals surface area contributed by atoms with Crippen LogP contribution in [0.15, 0.2) is 83.5 Å². The molecule has 0 aromatic heterocycles. The SMILES string of the molecule is O=C(OCC(=O)N1N=C2C(=Cc3ccc(F)cc3)CCCC2C1c1ccc(F)cc1)c1ccc([N+](=O)[O-])cc1. The predicted octanol–water partition coefficient (Wildman–Crippen LogP) is 5.85. The van der Waals surface area contributed by atoms with Gasteiger partial charge in [-0.05, 0) is 78.4 Å². The molecule has 3 aromatic carbocycles. The van der Waals surface area contributed by atoms with Gasteiger partial charge in [0, 0.05) is 18.1 Å². The Kier molecular flexibility index (Phi) is 7.27. The fourth-order valence-corrected chi connectivity index (χ4v) is 4.96. The Morgan fingerprint density at radius 2 is 1.64 bits per heavy atom. The third-order valence-corrected chi connectivity index (χ3v) is 6.82. The summed E-state index contributed by atoms with van der Waals surface area (Å²) < 4.78 is 32.3. The first-order valence-corrected chi connectivity index (χ1v) is 12.3. The molecule has 1 heterocycles. The van der Waals surface area contributed by atoms with Crippen molar-refractivity contribution < 1.29 is 28.0 Å². The predicted molar refractivity (Wildman–Crippen MR) is 139 cm³/mol. The number of allylic oxidation sites excluding steroid dienone is 1. The van der Waals surface area contributed by atoms with Gasteiger partial charge in [-0.15, -0.1) is 0 Å². The van der Waals surface area contributed by atoms with E-state index in [4.69, 9.17) is 4.74 Å². The highest BCUT2D eigenvalue weighted by Gasteiger charge is 2.43. The molecule has 1 amide bonds. The van der Waals surface area contributed by atoms with Gasteiger partial charge < -0.3 is 4.74 Å². The van der Waals surface area contributed by atoms with Crippen molar-refractivity contribution in [2.45, 2.75) is 25.3 Å². The zero-order valence-corrected chi connectivity index (χ0v) is 20.6. The molecule has 1 aliphatic heterocycles. The molecule has 2 aliphatic rings. The van der Waals surface area contributed by atoms with Crippen molar-refractivity contribution in [3.05, 3.63) is 117 Å². The van der Waals surface area contributed by atoms with E-state index in [2.05, 4.69) is 5.10 Å². The van der Waals surface area contributed by atoms with E-state index >= 15 is 0 Å². The molecule has 39 heavy (non-hydrogen) atoms. The number of hydrazone groups is 1. The number of carbonyl (C=O) groups is 2. The molecular formula is C29H23F2N3O5. The molecule has 8 nitrogen and oxygen atoms in total. The molecule has 0 N–H and O–H groups in total. The van der Waals surface area contributed by atoms with Crippen LogP contribution in [0.2, 0.25) is 0 Å². The van der Waals surface area contributed by atoms with Gasteiger partial charge in [-0.1, -0.05) is 24.3 Å². The number of fused-ring (bicyclic) bond motifs is 1. The second-order valence-corrected chi connectivity index (χ2v) is 9.32. The van der Waals surface area contributed by atoms with Crippen molar-refractivity contribution >= 4 is 29.4 Å². The number of ether oxygens (including phenoxy) is 1. The number of nitro groups is 1. The smallest absolute Gasteiger partial charge is 0.338 e. The van der Waals surface area contributed by atoms with Crippen molar-refractivity contribution in [2.24, 2.45) is 11.0 Å². The second-order valence-electron chi connectivity index (χ2n) is 9.32. The number of carbonyl (C=O) groups excluding carboxylic acids is 2. The number of halogens is 2. The molecule has 3 aromatic rings. The summed E-state index contributed by atoms with van der Waals surface area (Å²) in [6.45, 7) is -0.603. The van der Waals surface area contributed by atoms with Crippen LogP contribution in [0.25, 0.3) is 6.08 Å². The van der Waals surface area contributed by atoms with Crippen molar-refractivity contribution in [1.29, 1.82) is 0 Å². The quantitative estimate of drug-likeness (QED) is 0.226. The average molecular weight is 532 g/mol. The highest BCUT2D eigenvalue weighted by molar-refractivity contribution is 6.08. The summed E-state index contributed by atoms with van der Waals surface area (Å²) in [5.41, 5.74) is 3.02. The highest BCUT2D eigenvalue weighted by Crippen LogP contribution is 2.44. The molecule has 10 heteroatoms. The van der Waals surface area contributed by atoms with Crippen molar-refractivity contribution in [3.63, 3.8) is 0 Å². The molecule has 5 rings (SSSR count). The largest absolute Gasteiger partial charge is 0.452 e. The highest BCUT2D eigenvalue weighted by atomic mass is 19.1. The minimum absolute atomic E-state index is 0.0643. The topological polar surface area (TPSA) is 102 Å². The molecule has 2 unspecified atom stereocenters. The van der Waals surface area contributed by atoms with Crippen LogP contribution in [-0.4, -0.2) is 34.1 Å². The molecule has 1 aliphatic carbocycles. The molecule has 0 radical (unpaired) electrons. The van der Waals surface area contributed by atoms with Crippen LogP contribution in [0.1, 0.15) is 46.8 Å². The van der Waals surface area contributed by atoms with Gasteiger partial charge >= 0.3 is 5.97 Å². The van der Waals surface area contributed by atoms with E-state index in [1.807, 2.05) is 6.08 Å². The molecule has 198 valence electrons. The van der Waals surface area contributed by atoms with E-state index in [1.54, 1.807) is 24.3 Å². The maximum Gasteiger partial charge on any atom is 0.338 e. The van der Waals surface area contributed by atoms with E-state index in [9.17, 15) is 28.5 Å². The molecule has 0 bridgehead atoms. The lowest BCUT2D eigenvalue weighted by molar-refractivity contribution is -0.384. The molecule has 2 atom stereocenters. The number of esters is 1. The fourth-order valence-electron chi connectivity index (χ4n) is 4.96. The van der Waals surface area contributed by atoms with Gasteiger partial charge in [0.2, 0.25) is 0 Å². The second kappa shape index (κ2) is 10.9. The molecule has 1 saturated carbocycles. The summed E-state index contributed by atoms with van der Waals surface area (Å²) in [5, 5.41) is 16.8. The molecule has 1 fully saturated rings. The van der Waals surface area contributed by atoms with Gasteiger partial charge in [-0.3, -0.25) is 14.9 Å². The Morgan fingerprint density at radius 3 is 2.28 bits per heavy atom. The van der Waals surface area contributed by atoms with Gasteiger partial charge in [0.25, 0.3) is 11.6 Å². The fraction of sp³-hybridized carbons (Fsp3) is 0.207. The van der Waals surface area contributed by atoms with E-state index in [0.29, 0.717) is 5.56 Å². The van der Waals surface area contributed by atoms with Crippen molar-refractivity contribution in [2.75, 3.05) is 6.61 Å². The number of amides is 1. The first-order chi connectivity index (χ1) is 18.8. The van der Waals surface area contributed by atoms with Crippen LogP contribution in [0.3, 0.4) is 0 Å². The molecule has 0 spiro atoms. The summed E-state index contributed by atoms with van der Waals surface area (Å²) >= 11 is 0. The third-order valence-electron chi connectivity index (χ3n) is 6.82. The number of benzene rings is 3. The lowest BCUT2D eigenvalue weighted by atomic mass is 9.77. The van der Waals surface area contributed by atoms with E-state index < -0.39 is 35.3 Å². The minimum atomic E-state index is -0.808. The number of rotatable bonds is 6. The van der Waals surface area contributed by atoms with E-state index in [-0.39, 0.29) is 23.0 Å². The average Bonchev–Trinajstić information content (AvgIpc) is 3.34. The standard InChI is InChI=1S/C29H23F2N3O5/c30-22-10-4-18(5-11-22)16-21-2-1-3-25-27(21)32-33(28(25)19-6-12-23(31)13-7-19)26(35)17-39-29(36)20-8-14-24(15-9-20)34(37)38/h4-16,25,28H,1-3,17H2. The lowest BCUT2D eigenvalue weighted by Gasteiger charge is -2.29.